The number of alkyl carbamates (subject to hydrolysis) is 5. The maximum atomic E-state index is 12.8. The summed E-state index contributed by atoms with van der Waals surface area (Å²) in [4.78, 5) is 84.2. The first-order valence-corrected chi connectivity index (χ1v) is 62.2. The number of carboxylic acid groups (broad SMARTS) is 1. The molecule has 0 radical (unpaired) electrons. The van der Waals surface area contributed by atoms with Crippen LogP contribution >= 0.6 is 0 Å². The minimum absolute atomic E-state index is 0.00764. The van der Waals surface area contributed by atoms with Crippen LogP contribution < -0.4 is 45.9 Å². The smallest absolute Gasteiger partial charge is 0.407 e. The number of benzene rings is 1. The van der Waals surface area contributed by atoms with E-state index in [-0.39, 0.29) is 75.8 Å². The lowest BCUT2D eigenvalue weighted by Gasteiger charge is -2.41. The van der Waals surface area contributed by atoms with Crippen molar-refractivity contribution < 1.29 is 128 Å². The number of carbonyl (C=O) groups excluding carboxylic acids is 6. The molecule has 3 heterocycles. The van der Waals surface area contributed by atoms with E-state index in [4.69, 9.17) is 52.3 Å². The molecule has 0 aliphatic carbocycles. The van der Waals surface area contributed by atoms with Gasteiger partial charge in [-0.25, -0.2) is 63.4 Å². The van der Waals surface area contributed by atoms with Crippen LogP contribution in [-0.2, 0) is 95.6 Å². The maximum absolute atomic E-state index is 12.8. The minimum atomic E-state index is -4.31. The predicted molar refractivity (Wildman–Crippen MR) is 538 cm³/mol. The average Bonchev–Trinajstić information content (AvgIpc) is 0.769. The summed E-state index contributed by atoms with van der Waals surface area (Å²) in [5.41, 5.74) is -3.37. The van der Waals surface area contributed by atoms with Crippen LogP contribution in [0.1, 0.15) is 216 Å². The van der Waals surface area contributed by atoms with E-state index in [1.165, 1.54) is 25.7 Å². The molecule has 11 atom stereocenters. The van der Waals surface area contributed by atoms with Crippen molar-refractivity contribution in [2.45, 2.75) is 332 Å². The first-order chi connectivity index (χ1) is 60.6. The number of hydrogen-bond donors (Lipinski definition) is 10. The summed E-state index contributed by atoms with van der Waals surface area (Å²) in [7, 11) is -22.8. The number of nitrogens with zero attached hydrogens (tertiary/aromatic N) is 1. The van der Waals surface area contributed by atoms with Gasteiger partial charge in [-0.1, -0.05) is 146 Å². The van der Waals surface area contributed by atoms with Gasteiger partial charge < -0.3 is 87.2 Å². The van der Waals surface area contributed by atoms with Gasteiger partial charge in [0, 0.05) is 87.9 Å². The third-order valence-electron chi connectivity index (χ3n) is 22.3. The fraction of sp³-hybridized carbons (Fsp3) is 0.809. The van der Waals surface area contributed by atoms with Crippen molar-refractivity contribution in [3.63, 3.8) is 0 Å². The maximum Gasteiger partial charge on any atom is 0.407 e. The molecule has 0 spiro atoms. The minimum Gasteiger partial charge on any atom is -0.481 e. The van der Waals surface area contributed by atoms with Gasteiger partial charge in [0.05, 0.1) is 61.6 Å². The number of aliphatic carboxylic acids is 1. The largest absolute Gasteiger partial charge is 0.481 e. The van der Waals surface area contributed by atoms with Gasteiger partial charge in [-0.05, 0) is 189 Å². The standard InChI is InChI=1S/C29H53NO5Si2.C17H35NO6SSi.C16H34N2O5SSi.C10H18N2O6S.C10H18N2O5S.C6H15N.CH3F/c1-14-23(22-34-36(12,13)28(5,6)7)25(30-26(31)35-27(2,3)4)20-21-33-37(32-11,29(8,9)10)24-18-16-15-17-19-24;1-10-13(11-23-26(8,9)17(5,6)7)14(12-25(20,21)22)18-15(19)24-16(2,3)4;1-15(2,3)23-14(19)18-13-11-24(20,21)17-9-12(13)10-22-25(7,8)16(4,5)6;1-10(2,3)18-9(15)12-7-5-19(16,17)11-4-6(7)8(13)14;1-10(2,3)17-9(14)12-8-6-18(15,16)11-4-7(8)5-13;1-4-7(5-2)6-3;1-2/h14-19,23,25H,1,20-22H2,2-13H3,(H,30,31);10,13-14H,1,11-12H2,2-9H3,(H,18,19)(H,20,21,22);12-13,17H,9-11H2,1-8H3,(H,18,19);6-7,11H,4-5H2,1-3H3,(H,12,15)(H,13,14);5,7-8,11H,4,6H2,1-3H3,(H,12,14);4-6H2,1-3H3;1H3/t23-,25+,37?;13-,14+;12-,13+;6-,7-;7-,8+;;/m00010../s1/i;;;;;;1D. The summed E-state index contributed by atoms with van der Waals surface area (Å²) in [5.74, 6) is -5.14. The third-order valence-corrected chi connectivity index (χ3v) is 45.0. The molecule has 0 aromatic heterocycles. The van der Waals surface area contributed by atoms with Crippen molar-refractivity contribution in [2.24, 2.45) is 29.6 Å². The monoisotopic (exact) mass is 2060 g/mol. The number of carboxylic acids is 1. The SMILES string of the molecule is C=C[C@@H](CO[Si](C)(C)C(C)(C)C)[C@@H](CCO[Si](OC)(c1ccccc1)C(C)(C)C)NC(=O)OC(C)(C)C.C=C[C@@H](CO[Si](C)(C)C(C)(C)C)[C@@H](CS(=O)(=O)O)NC(=O)OC(C)(C)C.CC(C)(C)OC(=O)N[C@@H]1CS(=O)(=O)NC[C@H]1C(=O)O.CC(C)(C)OC(=O)N[C@@H]1CS(=O)(=O)NC[C@H]1C=O.CC(C)(C)OC(=O)N[C@@H]1CS(=O)(=O)NC[C@H]1CO[Si](C)(C)C(C)(C)C.CCN(CC)CC.[2H]CF. The number of ether oxygens (including phenoxy) is 5. The fourth-order valence-electron chi connectivity index (χ4n) is 11.7. The second-order valence-corrected chi connectivity index (χ2v) is 69.1. The molecule has 36 nitrogen and oxygen atoms in total. The lowest BCUT2D eigenvalue weighted by Crippen LogP contribution is -2.60. The molecule has 1 aromatic carbocycles. The van der Waals surface area contributed by atoms with Gasteiger partial charge in [-0.15, -0.1) is 13.2 Å². The van der Waals surface area contributed by atoms with Crippen LogP contribution in [-0.4, -0.2) is 286 Å². The van der Waals surface area contributed by atoms with E-state index < -0.39 is 199 Å². The van der Waals surface area contributed by atoms with Gasteiger partial charge in [-0.3, -0.25) is 13.7 Å². The summed E-state index contributed by atoms with van der Waals surface area (Å²) in [6.45, 7) is 84.2. The molecule has 3 saturated heterocycles. The predicted octanol–water partition coefficient (Wildman–Crippen LogP) is 14.0. The molecule has 3 aliphatic heterocycles. The Kier molecular flexibility index (Phi) is 54.1. The quantitative estimate of drug-likeness (QED) is 0.0108. The van der Waals surface area contributed by atoms with Gasteiger partial charge in [0.2, 0.25) is 30.1 Å². The molecule has 5 amide bonds. The Balaban J connectivity index is -0.00000160. The van der Waals surface area contributed by atoms with Crippen molar-refractivity contribution in [1.29, 1.82) is 0 Å². The third kappa shape index (κ3) is 54.2. The summed E-state index contributed by atoms with van der Waals surface area (Å²) in [6, 6.07) is 6.70. The van der Waals surface area contributed by atoms with Crippen molar-refractivity contribution in [3.8, 4) is 0 Å². The molecule has 0 saturated carbocycles. The zero-order chi connectivity index (χ0) is 107. The Hall–Kier alpha value is -5.61. The van der Waals surface area contributed by atoms with Crippen LogP contribution in [0.3, 0.4) is 0 Å². The van der Waals surface area contributed by atoms with Crippen molar-refractivity contribution in [2.75, 3.05) is 103 Å². The highest BCUT2D eigenvalue weighted by molar-refractivity contribution is 7.90. The topological polar surface area (TPSA) is 488 Å². The van der Waals surface area contributed by atoms with E-state index in [9.17, 15) is 76.2 Å². The molecule has 3 aliphatic rings. The van der Waals surface area contributed by atoms with Crippen LogP contribution in [0.4, 0.5) is 28.4 Å². The number of amides is 5. The summed E-state index contributed by atoms with van der Waals surface area (Å²) < 4.78 is 182. The number of hydrogen-bond acceptors (Lipinski definition) is 26. The molecule has 1 aromatic rings. The van der Waals surface area contributed by atoms with Gasteiger partial charge in [0.25, 0.3) is 10.1 Å². The highest BCUT2D eigenvalue weighted by Gasteiger charge is 2.52. The molecule has 0 bridgehead atoms. The number of rotatable bonds is 31. The van der Waals surface area contributed by atoms with Crippen molar-refractivity contribution in [3.05, 3.63) is 55.6 Å². The zero-order valence-electron chi connectivity index (χ0n) is 88.7. The first kappa shape index (κ1) is 130. The number of alkyl halides is 1. The van der Waals surface area contributed by atoms with Gasteiger partial charge in [0.15, 0.2) is 25.0 Å². The van der Waals surface area contributed by atoms with Crippen molar-refractivity contribution in [1.82, 2.24) is 45.7 Å². The van der Waals surface area contributed by atoms with E-state index in [1.54, 1.807) is 90.2 Å². The van der Waals surface area contributed by atoms with Crippen LogP contribution in [0.25, 0.3) is 0 Å². The Morgan fingerprint density at radius 1 is 0.522 bits per heavy atom. The number of sulfonamides is 3. The van der Waals surface area contributed by atoms with E-state index in [2.05, 4.69) is 214 Å². The number of nitrogens with one attached hydrogen (secondary N) is 8. The van der Waals surface area contributed by atoms with Gasteiger partial charge in [0.1, 0.15) is 34.3 Å². The van der Waals surface area contributed by atoms with E-state index >= 15 is 0 Å². The molecule has 1 unspecified atom stereocenters. The highest BCUT2D eigenvalue weighted by Crippen LogP contribution is 2.41. The Morgan fingerprint density at radius 3 is 1.18 bits per heavy atom. The molecular formula is C89H176FN9O27S4Si4. The average molecular weight is 2070 g/mol. The second kappa shape index (κ2) is 55.6. The van der Waals surface area contributed by atoms with E-state index in [0.29, 0.717) is 32.5 Å². The Bertz CT molecular complexity index is 4270. The van der Waals surface area contributed by atoms with Gasteiger partial charge in [-0.2, -0.15) is 8.42 Å². The second-order valence-electron chi connectivity index (χ2n) is 43.6. The molecule has 134 heavy (non-hydrogen) atoms. The highest BCUT2D eigenvalue weighted by atomic mass is 32.2. The molecule has 10 N–H and O–H groups in total. The van der Waals surface area contributed by atoms with Gasteiger partial charge >= 0.3 is 45.0 Å². The number of aldehydes is 1. The van der Waals surface area contributed by atoms with Crippen LogP contribution in [0.15, 0.2) is 55.6 Å². The molecule has 45 heteroatoms. The lowest BCUT2D eigenvalue weighted by atomic mass is 9.98. The number of carbonyl (C=O) groups is 7. The summed E-state index contributed by atoms with van der Waals surface area (Å²) in [6.07, 6.45) is 1.22. The molecule has 4 rings (SSSR count). The fourth-order valence-corrected chi connectivity index (χ4v) is 23.2. The summed E-state index contributed by atoms with van der Waals surface area (Å²) >= 11 is 0. The van der Waals surface area contributed by atoms with Crippen LogP contribution in [0, 0.1) is 29.6 Å². The van der Waals surface area contributed by atoms with Crippen molar-refractivity contribution >= 4 is 122 Å². The van der Waals surface area contributed by atoms with E-state index in [1.807, 2.05) is 45.0 Å². The Morgan fingerprint density at radius 2 is 0.851 bits per heavy atom. The normalized spacial score (nSPS) is 20.3. The lowest BCUT2D eigenvalue weighted by molar-refractivity contribution is -0.142. The Labute approximate surface area is 810 Å². The number of halogens is 1. The zero-order valence-corrected chi connectivity index (χ0v) is 94.9. The molecule has 786 valence electrons. The first-order valence-electron chi connectivity index (χ1n) is 45.8. The molecular weight excluding hydrogens is 1890 g/mol. The molecule has 3 fully saturated rings. The van der Waals surface area contributed by atoms with Crippen LogP contribution in [0.5, 0.6) is 0 Å². The van der Waals surface area contributed by atoms with Crippen LogP contribution in [0.2, 0.25) is 59.4 Å². The van der Waals surface area contributed by atoms with E-state index in [0.717, 1.165) is 5.19 Å². The summed E-state index contributed by atoms with van der Waals surface area (Å²) in [5, 5.41) is 23.0.